The van der Waals surface area contributed by atoms with Gasteiger partial charge in [-0.05, 0) is 23.3 Å². The molecule has 3 rings (SSSR count). The third kappa shape index (κ3) is 6.54. The van der Waals surface area contributed by atoms with Crippen molar-refractivity contribution in [2.24, 2.45) is 10.4 Å². The lowest BCUT2D eigenvalue weighted by molar-refractivity contribution is -0.115. The van der Waals surface area contributed by atoms with Gasteiger partial charge in [-0.1, -0.05) is 69.5 Å². The van der Waals surface area contributed by atoms with Crippen molar-refractivity contribution in [3.8, 4) is 0 Å². The fourth-order valence-electron chi connectivity index (χ4n) is 3.05. The maximum Gasteiger partial charge on any atom is 0.155 e. The number of hydrogen-bond acceptors (Lipinski definition) is 5. The van der Waals surface area contributed by atoms with E-state index >= 15 is 0 Å². The maximum atomic E-state index is 6.18. The summed E-state index contributed by atoms with van der Waals surface area (Å²) in [6.45, 7) is 14.4. The van der Waals surface area contributed by atoms with E-state index in [2.05, 4.69) is 49.1 Å². The van der Waals surface area contributed by atoms with Crippen molar-refractivity contribution in [3.05, 3.63) is 102 Å². The Morgan fingerprint density at radius 3 is 2.74 bits per heavy atom. The number of aromatic nitrogens is 1. The van der Waals surface area contributed by atoms with Crippen LogP contribution in [-0.2, 0) is 4.84 Å². The Bertz CT molecular complexity index is 987. The van der Waals surface area contributed by atoms with Gasteiger partial charge in [-0.2, -0.15) is 0 Å². The van der Waals surface area contributed by atoms with Gasteiger partial charge in [-0.15, -0.1) is 5.73 Å². The van der Waals surface area contributed by atoms with Gasteiger partial charge in [0, 0.05) is 36.5 Å². The van der Waals surface area contributed by atoms with Crippen LogP contribution in [0, 0.1) is 5.41 Å². The molecule has 5 nitrogen and oxygen atoms in total. The molecule has 5 heteroatoms. The molecule has 1 aromatic carbocycles. The molecule has 160 valence electrons. The minimum absolute atomic E-state index is 0.0390. The van der Waals surface area contributed by atoms with E-state index in [1.54, 1.807) is 6.20 Å². The summed E-state index contributed by atoms with van der Waals surface area (Å²) in [7, 11) is 0. The predicted octanol–water partition coefficient (Wildman–Crippen LogP) is 4.63. The number of aliphatic imine (C=N–C) groups is 1. The molecular formula is C26H30N4O. The third-order valence-corrected chi connectivity index (χ3v) is 4.86. The van der Waals surface area contributed by atoms with Gasteiger partial charge in [-0.25, -0.2) is 5.06 Å². The molecular weight excluding hydrogens is 384 g/mol. The Kier molecular flexibility index (Phi) is 7.60. The summed E-state index contributed by atoms with van der Waals surface area (Å²) in [5.41, 5.74) is 6.88. The highest BCUT2D eigenvalue weighted by atomic mass is 16.7. The van der Waals surface area contributed by atoms with E-state index in [4.69, 9.17) is 9.83 Å². The van der Waals surface area contributed by atoms with Crippen molar-refractivity contribution in [3.63, 3.8) is 0 Å². The SMILES string of the molecule is C=C=C(CN1OCC(C)(C)CN=C1c1ccccc1)NC/C(C=C)=C/c1cccnc1. The van der Waals surface area contributed by atoms with Gasteiger partial charge in [0.25, 0.3) is 0 Å². The second-order valence-electron chi connectivity index (χ2n) is 8.20. The number of hydrogen-bond donors (Lipinski definition) is 1. The highest BCUT2D eigenvalue weighted by molar-refractivity contribution is 5.98. The van der Waals surface area contributed by atoms with Gasteiger partial charge in [0.1, 0.15) is 0 Å². The van der Waals surface area contributed by atoms with E-state index in [0.717, 1.165) is 28.2 Å². The number of nitrogens with zero attached hydrogens (tertiary/aromatic N) is 3. The molecule has 1 aromatic heterocycles. The summed E-state index contributed by atoms with van der Waals surface area (Å²) in [6.07, 6.45) is 7.47. The van der Waals surface area contributed by atoms with E-state index in [0.29, 0.717) is 26.2 Å². The third-order valence-electron chi connectivity index (χ3n) is 4.86. The lowest BCUT2D eigenvalue weighted by Gasteiger charge is -2.26. The van der Waals surface area contributed by atoms with Crippen LogP contribution in [-0.4, -0.2) is 42.1 Å². The van der Waals surface area contributed by atoms with Crippen LogP contribution in [0.15, 0.2) is 96.1 Å². The first kappa shape index (κ1) is 22.3. The summed E-state index contributed by atoms with van der Waals surface area (Å²) in [4.78, 5) is 15.2. The molecule has 1 aliphatic heterocycles. The lowest BCUT2D eigenvalue weighted by Crippen LogP contribution is -2.37. The molecule has 2 aromatic rings. The van der Waals surface area contributed by atoms with Crippen molar-refractivity contribution >= 4 is 11.9 Å². The smallest absolute Gasteiger partial charge is 0.155 e. The first-order valence-corrected chi connectivity index (χ1v) is 10.4. The molecule has 31 heavy (non-hydrogen) atoms. The second-order valence-corrected chi connectivity index (χ2v) is 8.20. The Morgan fingerprint density at radius 1 is 1.26 bits per heavy atom. The first-order chi connectivity index (χ1) is 15.0. The Hall–Kier alpha value is -3.40. The summed E-state index contributed by atoms with van der Waals surface area (Å²) >= 11 is 0. The molecule has 0 bridgehead atoms. The number of pyridine rings is 1. The number of hydroxylamine groups is 2. The highest BCUT2D eigenvalue weighted by Crippen LogP contribution is 2.22. The van der Waals surface area contributed by atoms with Crippen LogP contribution in [0.25, 0.3) is 6.08 Å². The van der Waals surface area contributed by atoms with E-state index in [1.807, 2.05) is 59.8 Å². The number of amidine groups is 1. The van der Waals surface area contributed by atoms with Crippen LogP contribution in [0.1, 0.15) is 25.0 Å². The van der Waals surface area contributed by atoms with E-state index in [9.17, 15) is 0 Å². The minimum Gasteiger partial charge on any atom is -0.376 e. The molecule has 0 fully saturated rings. The van der Waals surface area contributed by atoms with Gasteiger partial charge in [0.15, 0.2) is 5.84 Å². The van der Waals surface area contributed by atoms with Gasteiger partial charge >= 0.3 is 0 Å². The predicted molar refractivity (Wildman–Crippen MR) is 127 cm³/mol. The minimum atomic E-state index is -0.0390. The average molecular weight is 415 g/mol. The Labute approximate surface area is 185 Å². The molecule has 0 unspecified atom stereocenters. The van der Waals surface area contributed by atoms with Crippen molar-refractivity contribution < 1.29 is 4.84 Å². The standard InChI is InChI=1S/C26H30N4O/c1-5-21(15-22-11-10-14-27-16-22)17-28-24(6-2)18-30-25(23-12-8-7-9-13-23)29-19-26(3,4)20-31-30/h5,7-16,28H,1-2,17-20H2,3-4H3/b21-15+. The molecule has 2 heterocycles. The highest BCUT2D eigenvalue weighted by Gasteiger charge is 2.27. The van der Waals surface area contributed by atoms with Crippen LogP contribution in [0.5, 0.6) is 0 Å². The number of benzene rings is 1. The van der Waals surface area contributed by atoms with Crippen LogP contribution in [0.2, 0.25) is 0 Å². The topological polar surface area (TPSA) is 49.8 Å². The molecule has 0 saturated carbocycles. The lowest BCUT2D eigenvalue weighted by atomic mass is 9.95. The molecule has 1 N–H and O–H groups in total. The van der Waals surface area contributed by atoms with E-state index < -0.39 is 0 Å². The van der Waals surface area contributed by atoms with Gasteiger partial charge < -0.3 is 5.32 Å². The van der Waals surface area contributed by atoms with Crippen molar-refractivity contribution in [1.29, 1.82) is 0 Å². The summed E-state index contributed by atoms with van der Waals surface area (Å²) in [5, 5.41) is 5.24. The zero-order valence-corrected chi connectivity index (χ0v) is 18.3. The number of nitrogens with one attached hydrogen (secondary N) is 1. The zero-order valence-electron chi connectivity index (χ0n) is 18.3. The van der Waals surface area contributed by atoms with Crippen LogP contribution in [0.4, 0.5) is 0 Å². The molecule has 0 radical (unpaired) electrons. The molecule has 0 amide bonds. The fourth-order valence-corrected chi connectivity index (χ4v) is 3.05. The van der Waals surface area contributed by atoms with Gasteiger partial charge in [-0.3, -0.25) is 14.8 Å². The molecule has 1 aliphatic rings. The molecule has 0 spiro atoms. The van der Waals surface area contributed by atoms with Crippen LogP contribution >= 0.6 is 0 Å². The van der Waals surface area contributed by atoms with E-state index in [-0.39, 0.29) is 5.41 Å². The summed E-state index contributed by atoms with van der Waals surface area (Å²) in [6, 6.07) is 14.0. The zero-order chi connectivity index (χ0) is 22.1. The Balaban J connectivity index is 1.74. The quantitative estimate of drug-likeness (QED) is 0.505. The van der Waals surface area contributed by atoms with Crippen molar-refractivity contribution in [2.45, 2.75) is 13.8 Å². The monoisotopic (exact) mass is 414 g/mol. The average Bonchev–Trinajstić information content (AvgIpc) is 2.94. The van der Waals surface area contributed by atoms with Crippen LogP contribution in [0.3, 0.4) is 0 Å². The molecule has 0 aliphatic carbocycles. The summed E-state index contributed by atoms with van der Waals surface area (Å²) in [5.74, 6) is 0.815. The van der Waals surface area contributed by atoms with Gasteiger partial charge in [0.05, 0.1) is 18.8 Å². The van der Waals surface area contributed by atoms with Crippen LogP contribution < -0.4 is 5.32 Å². The Morgan fingerprint density at radius 2 is 2.06 bits per heavy atom. The van der Waals surface area contributed by atoms with Crippen molar-refractivity contribution in [2.75, 3.05) is 26.2 Å². The fraction of sp³-hybridized carbons (Fsp3) is 0.269. The summed E-state index contributed by atoms with van der Waals surface area (Å²) < 4.78 is 0. The van der Waals surface area contributed by atoms with E-state index in [1.165, 1.54) is 0 Å². The molecule has 0 atom stereocenters. The molecule has 0 saturated heterocycles. The number of rotatable bonds is 8. The second kappa shape index (κ2) is 10.6. The van der Waals surface area contributed by atoms with Crippen molar-refractivity contribution in [1.82, 2.24) is 15.4 Å². The first-order valence-electron chi connectivity index (χ1n) is 10.4. The largest absolute Gasteiger partial charge is 0.376 e. The normalized spacial score (nSPS) is 16.0. The maximum absolute atomic E-state index is 6.18. The van der Waals surface area contributed by atoms with Gasteiger partial charge in [0.2, 0.25) is 0 Å².